The second-order valence-electron chi connectivity index (χ2n) is 7.35. The van der Waals surface area contributed by atoms with Gasteiger partial charge in [-0.1, -0.05) is 56.3 Å². The average Bonchev–Trinajstić information content (AvgIpc) is 2.80. The maximum Gasteiger partial charge on any atom is 0.427 e. The molecule has 2 unspecified atom stereocenters. The Kier molecular flexibility index (Phi) is 5.11. The summed E-state index contributed by atoms with van der Waals surface area (Å²) in [5, 5.41) is 0. The van der Waals surface area contributed by atoms with Crippen molar-refractivity contribution in [2.75, 3.05) is 0 Å². The van der Waals surface area contributed by atoms with Crippen molar-refractivity contribution < 1.29 is 19.2 Å². The van der Waals surface area contributed by atoms with Crippen molar-refractivity contribution in [1.82, 2.24) is 4.48 Å². The minimum atomic E-state index is -1.86. The zero-order valence-electron chi connectivity index (χ0n) is 16.3. The summed E-state index contributed by atoms with van der Waals surface area (Å²) in [6.07, 6.45) is 0.918. The second kappa shape index (κ2) is 7.25. The van der Waals surface area contributed by atoms with Crippen molar-refractivity contribution in [2.24, 2.45) is 17.4 Å². The Hall–Kier alpha value is -3.32. The molecule has 29 heavy (non-hydrogen) atoms. The van der Waals surface area contributed by atoms with E-state index >= 15 is 0 Å². The number of carbonyl (C=O) groups excluding carboxylic acids is 4. The Morgan fingerprint density at radius 1 is 0.966 bits per heavy atom. The lowest BCUT2D eigenvalue weighted by atomic mass is 9.74. The molecule has 0 spiro atoms. The first-order valence-electron chi connectivity index (χ1n) is 9.27. The van der Waals surface area contributed by atoms with Crippen LogP contribution in [0, 0.1) is 12.3 Å². The van der Waals surface area contributed by atoms with Gasteiger partial charge in [0.2, 0.25) is 5.54 Å². The Bertz CT molecular complexity index is 1000. The molecule has 0 saturated heterocycles. The number of para-hydroxylation sites is 1. The van der Waals surface area contributed by atoms with Gasteiger partial charge in [0.15, 0.2) is 11.5 Å². The molecule has 2 aromatic rings. The van der Waals surface area contributed by atoms with Crippen molar-refractivity contribution in [3.8, 4) is 0 Å². The lowest BCUT2D eigenvalue weighted by Gasteiger charge is -2.47. The van der Waals surface area contributed by atoms with Crippen LogP contribution in [-0.4, -0.2) is 23.6 Å². The fraction of sp³-hybridized carbons (Fsp3) is 0.227. The van der Waals surface area contributed by atoms with Crippen LogP contribution in [0.25, 0.3) is 0 Å². The number of urea groups is 1. The van der Waals surface area contributed by atoms with E-state index in [-0.39, 0.29) is 23.5 Å². The van der Waals surface area contributed by atoms with Gasteiger partial charge in [-0.3, -0.25) is 9.59 Å². The topological polar surface area (TPSA) is 120 Å². The zero-order chi connectivity index (χ0) is 21.4. The number of Topliss-reactive ketones (excluding diaryl/α,β-unsaturated/α-hetero) is 1. The van der Waals surface area contributed by atoms with Crippen molar-refractivity contribution >= 4 is 29.3 Å². The monoisotopic (exact) mass is 393 g/mol. The lowest BCUT2D eigenvalue weighted by molar-refractivity contribution is -0.142. The number of carbonyl (C=O) groups is 4. The minimum Gasteiger partial charge on any atom is -0.364 e. The minimum absolute atomic E-state index is 0.0557. The van der Waals surface area contributed by atoms with Crippen molar-refractivity contribution in [1.29, 1.82) is 0 Å². The number of fused-ring (bicyclic) bond motifs is 1. The Balaban J connectivity index is 2.59. The van der Waals surface area contributed by atoms with E-state index in [1.807, 2.05) is 0 Å². The number of benzene rings is 2. The van der Waals surface area contributed by atoms with Crippen LogP contribution in [0.5, 0.6) is 0 Å². The summed E-state index contributed by atoms with van der Waals surface area (Å²) in [5.41, 5.74) is 10.6. The van der Waals surface area contributed by atoms with Gasteiger partial charge >= 0.3 is 11.9 Å². The summed E-state index contributed by atoms with van der Waals surface area (Å²) in [4.78, 5) is 52.6. The molecule has 2 atom stereocenters. The molecule has 1 heterocycles. The molecule has 4 amide bonds. The number of nitrogens with two attached hydrogens (primary N) is 2. The molecule has 0 bridgehead atoms. The number of imide groups is 1. The number of hydrogen-bond acceptors (Lipinski definition) is 4. The Morgan fingerprint density at radius 3 is 2.10 bits per heavy atom. The molecule has 149 valence electrons. The standard InChI is InChI=1S/C22H22N3O4/c1-14(2)22(20(23)28,15-8-4-3-5-9-15)25(21(24)29)17-11-7-6-10-16(17)18(26)12-13-19(25)27/h3-11,13-14H,12H2,1-2H3,(H3-,23,24,28,29)/p+1. The fourth-order valence-corrected chi connectivity index (χ4v) is 4.51. The maximum atomic E-state index is 13.6. The highest BCUT2D eigenvalue weighted by atomic mass is 16.2. The highest BCUT2D eigenvalue weighted by Gasteiger charge is 2.69. The van der Waals surface area contributed by atoms with Gasteiger partial charge in [-0.05, 0) is 6.07 Å². The SMILES string of the molecule is CC(C)C(C(N)=O)(c1ccccc1)[N+]1(C(N)=O)C(=O)[CH]CC(=O)c2ccccc21. The largest absolute Gasteiger partial charge is 0.427 e. The molecule has 0 fully saturated rings. The van der Waals surface area contributed by atoms with Crippen LogP contribution in [0.15, 0.2) is 54.6 Å². The number of nitrogens with zero attached hydrogens (tertiary/aromatic N) is 1. The molecule has 1 aliphatic rings. The van der Waals surface area contributed by atoms with Crippen LogP contribution in [0.2, 0.25) is 0 Å². The number of amides is 4. The molecule has 0 saturated carbocycles. The summed E-state index contributed by atoms with van der Waals surface area (Å²) < 4.78 is -1.20. The van der Waals surface area contributed by atoms with E-state index in [2.05, 4.69) is 0 Å². The molecule has 7 heteroatoms. The molecule has 1 aliphatic heterocycles. The Morgan fingerprint density at radius 2 is 1.55 bits per heavy atom. The van der Waals surface area contributed by atoms with Crippen molar-refractivity contribution in [3.63, 3.8) is 0 Å². The molecular formula is C22H23N3O4+. The van der Waals surface area contributed by atoms with E-state index in [4.69, 9.17) is 11.5 Å². The molecular weight excluding hydrogens is 370 g/mol. The number of hydrogen-bond donors (Lipinski definition) is 2. The van der Waals surface area contributed by atoms with Crippen molar-refractivity contribution in [2.45, 2.75) is 25.8 Å². The smallest absolute Gasteiger partial charge is 0.364 e. The van der Waals surface area contributed by atoms with E-state index in [9.17, 15) is 19.2 Å². The van der Waals surface area contributed by atoms with Gasteiger partial charge in [0.1, 0.15) is 0 Å². The van der Waals surface area contributed by atoms with Gasteiger partial charge in [-0.15, -0.1) is 4.48 Å². The molecule has 2 aromatic carbocycles. The highest BCUT2D eigenvalue weighted by Crippen LogP contribution is 2.48. The molecule has 7 nitrogen and oxygen atoms in total. The summed E-state index contributed by atoms with van der Waals surface area (Å²) in [6.45, 7) is 3.40. The maximum absolute atomic E-state index is 13.6. The zero-order valence-corrected chi connectivity index (χ0v) is 16.3. The summed E-state index contributed by atoms with van der Waals surface area (Å²) in [6, 6.07) is 13.6. The van der Waals surface area contributed by atoms with Gasteiger partial charge in [-0.25, -0.2) is 9.59 Å². The van der Waals surface area contributed by atoms with E-state index in [1.54, 1.807) is 56.3 Å². The number of rotatable bonds is 4. The summed E-state index contributed by atoms with van der Waals surface area (Å²) >= 11 is 0. The van der Waals surface area contributed by atoms with Crippen LogP contribution in [-0.2, 0) is 15.1 Å². The molecule has 3 rings (SSSR count). The van der Waals surface area contributed by atoms with Crippen LogP contribution < -0.4 is 16.0 Å². The first kappa shape index (κ1) is 20.4. The van der Waals surface area contributed by atoms with E-state index in [1.165, 1.54) is 12.1 Å². The predicted molar refractivity (Wildman–Crippen MR) is 108 cm³/mol. The second-order valence-corrected chi connectivity index (χ2v) is 7.35. The van der Waals surface area contributed by atoms with Gasteiger partial charge < -0.3 is 11.5 Å². The first-order chi connectivity index (χ1) is 13.7. The van der Waals surface area contributed by atoms with Gasteiger partial charge in [0.25, 0.3) is 5.91 Å². The van der Waals surface area contributed by atoms with Crippen molar-refractivity contribution in [3.05, 3.63) is 72.1 Å². The summed E-state index contributed by atoms with van der Waals surface area (Å²) in [5.74, 6) is -2.60. The number of ketones is 1. The number of primary amides is 2. The average molecular weight is 393 g/mol. The van der Waals surface area contributed by atoms with E-state index < -0.39 is 33.8 Å². The third-order valence-electron chi connectivity index (χ3n) is 5.64. The molecule has 1 radical (unpaired) electrons. The predicted octanol–water partition coefficient (Wildman–Crippen LogP) is 2.43. The Labute approximate surface area is 168 Å². The third kappa shape index (κ3) is 2.61. The fourth-order valence-electron chi connectivity index (χ4n) is 4.51. The first-order valence-corrected chi connectivity index (χ1v) is 9.27. The van der Waals surface area contributed by atoms with Crippen LogP contribution in [0.4, 0.5) is 10.5 Å². The van der Waals surface area contributed by atoms with E-state index in [0.717, 1.165) is 6.42 Å². The quantitative estimate of drug-likeness (QED) is 0.775. The van der Waals surface area contributed by atoms with Gasteiger partial charge in [-0.2, -0.15) is 0 Å². The molecule has 0 aliphatic carbocycles. The summed E-state index contributed by atoms with van der Waals surface area (Å²) in [7, 11) is 0. The van der Waals surface area contributed by atoms with Crippen LogP contribution >= 0.6 is 0 Å². The van der Waals surface area contributed by atoms with Crippen LogP contribution in [0.1, 0.15) is 36.2 Å². The molecule has 4 N–H and O–H groups in total. The normalized spacial score (nSPS) is 21.2. The van der Waals surface area contributed by atoms with Gasteiger partial charge in [0.05, 0.1) is 12.0 Å². The third-order valence-corrected chi connectivity index (χ3v) is 5.64. The highest BCUT2D eigenvalue weighted by molar-refractivity contribution is 6.22. The lowest BCUT2D eigenvalue weighted by Crippen LogP contribution is -2.77. The van der Waals surface area contributed by atoms with Gasteiger partial charge in [0, 0.05) is 24.0 Å². The van der Waals surface area contributed by atoms with E-state index in [0.29, 0.717) is 5.56 Å². The molecule has 0 aromatic heterocycles. The van der Waals surface area contributed by atoms with Crippen LogP contribution in [0.3, 0.4) is 0 Å². The number of quaternary nitrogens is 1.